The van der Waals surface area contributed by atoms with Crippen molar-refractivity contribution < 1.29 is 4.43 Å². The highest BCUT2D eigenvalue weighted by Gasteiger charge is 2.18. The van der Waals surface area contributed by atoms with Crippen LogP contribution < -0.4 is 0 Å². The lowest BCUT2D eigenvalue weighted by Gasteiger charge is -2.27. The van der Waals surface area contributed by atoms with E-state index < -0.39 is 9.04 Å². The highest BCUT2D eigenvalue weighted by Crippen LogP contribution is 2.18. The van der Waals surface area contributed by atoms with Crippen LogP contribution in [0.2, 0.25) is 13.1 Å². The fourth-order valence-corrected chi connectivity index (χ4v) is 2.86. The second-order valence-electron chi connectivity index (χ2n) is 3.72. The molecule has 0 fully saturated rings. The van der Waals surface area contributed by atoms with E-state index in [9.17, 15) is 0 Å². The molecule has 1 nitrogen and oxygen atoms in total. The summed E-state index contributed by atoms with van der Waals surface area (Å²) in [6.07, 6.45) is 2.36. The maximum absolute atomic E-state index is 5.86. The van der Waals surface area contributed by atoms with E-state index in [1.807, 2.05) is 0 Å². The van der Waals surface area contributed by atoms with Gasteiger partial charge in [-0.05, 0) is 39.8 Å². The van der Waals surface area contributed by atoms with Crippen LogP contribution in [0.15, 0.2) is 0 Å². The van der Waals surface area contributed by atoms with E-state index in [0.29, 0.717) is 0 Å². The Hall–Kier alpha value is 0.657. The summed E-state index contributed by atoms with van der Waals surface area (Å²) in [5, 5.41) is 1.08. The fraction of sp³-hybridized carbons (Fsp3) is 1.00. The summed E-state index contributed by atoms with van der Waals surface area (Å²) in [4.78, 5) is 0. The number of hydrogen-bond acceptors (Lipinski definition) is 1. The third kappa shape index (κ3) is 7.03. The number of halogens is 1. The van der Waals surface area contributed by atoms with Gasteiger partial charge in [-0.1, -0.05) is 15.9 Å². The monoisotopic (exact) mass is 238 g/mol. The van der Waals surface area contributed by atoms with E-state index in [-0.39, 0.29) is 5.60 Å². The molecule has 0 unspecified atom stereocenters. The van der Waals surface area contributed by atoms with Gasteiger partial charge >= 0.3 is 0 Å². The smallest absolute Gasteiger partial charge is 0.171 e. The lowest BCUT2D eigenvalue weighted by Crippen LogP contribution is -2.30. The molecular weight excluding hydrogens is 220 g/mol. The largest absolute Gasteiger partial charge is 0.416 e. The number of hydrogen-bond donors (Lipinski definition) is 0. The van der Waals surface area contributed by atoms with Crippen LogP contribution in [0.25, 0.3) is 0 Å². The normalized spacial score (nSPS) is 12.5. The molecule has 0 amide bonds. The average Bonchev–Trinajstić information content (AvgIpc) is 1.81. The average molecular weight is 239 g/mol. The first-order valence-electron chi connectivity index (χ1n) is 4.22. The van der Waals surface area contributed by atoms with E-state index in [4.69, 9.17) is 4.43 Å². The van der Waals surface area contributed by atoms with Crippen LogP contribution in [0.1, 0.15) is 26.7 Å². The van der Waals surface area contributed by atoms with E-state index in [0.717, 1.165) is 11.8 Å². The summed E-state index contributed by atoms with van der Waals surface area (Å²) in [6.45, 7) is 8.80. The Balaban J connectivity index is 3.61. The molecule has 0 atom stereocenters. The minimum atomic E-state index is -0.853. The second kappa shape index (κ2) is 5.33. The molecule has 0 spiro atoms. The molecule has 0 saturated carbocycles. The SMILES string of the molecule is C[SiH](C)OC(C)(C)CCCBr. The van der Waals surface area contributed by atoms with Gasteiger partial charge in [-0.15, -0.1) is 0 Å². The van der Waals surface area contributed by atoms with Crippen molar-refractivity contribution in [1.82, 2.24) is 0 Å². The molecule has 68 valence electrons. The molecule has 3 heteroatoms. The van der Waals surface area contributed by atoms with Gasteiger partial charge in [-0.2, -0.15) is 0 Å². The molecule has 0 aliphatic heterocycles. The molecule has 0 radical (unpaired) electrons. The van der Waals surface area contributed by atoms with Gasteiger partial charge < -0.3 is 4.43 Å². The second-order valence-corrected chi connectivity index (χ2v) is 6.85. The topological polar surface area (TPSA) is 9.23 Å². The van der Waals surface area contributed by atoms with Gasteiger partial charge in [0.2, 0.25) is 0 Å². The molecule has 11 heavy (non-hydrogen) atoms. The van der Waals surface area contributed by atoms with Gasteiger partial charge in [0.05, 0.1) is 5.60 Å². The van der Waals surface area contributed by atoms with Crippen LogP contribution in [0.4, 0.5) is 0 Å². The Kier molecular flexibility index (Phi) is 5.65. The standard InChI is InChI=1S/C8H19BrOSi/c1-8(2,6-5-7-9)10-11(3)4/h11H,5-7H2,1-4H3. The molecule has 0 bridgehead atoms. The van der Waals surface area contributed by atoms with Crippen molar-refractivity contribution in [3.8, 4) is 0 Å². The predicted octanol–water partition coefficient (Wildman–Crippen LogP) is 2.94. The lowest BCUT2D eigenvalue weighted by molar-refractivity contribution is 0.0991. The minimum Gasteiger partial charge on any atom is -0.416 e. The van der Waals surface area contributed by atoms with Crippen molar-refractivity contribution in [2.24, 2.45) is 0 Å². The molecule has 0 heterocycles. The molecule has 0 aromatic rings. The molecule has 0 saturated heterocycles. The first kappa shape index (κ1) is 11.7. The molecule has 0 aromatic carbocycles. The zero-order valence-corrected chi connectivity index (χ0v) is 10.7. The zero-order chi connectivity index (χ0) is 8.91. The molecule has 0 rings (SSSR count). The van der Waals surface area contributed by atoms with Crippen LogP contribution in [-0.4, -0.2) is 20.0 Å². The fourth-order valence-electron chi connectivity index (χ4n) is 1.19. The van der Waals surface area contributed by atoms with Gasteiger partial charge in [0.25, 0.3) is 0 Å². The molecule has 0 N–H and O–H groups in total. The summed E-state index contributed by atoms with van der Waals surface area (Å²) in [5.74, 6) is 0. The highest BCUT2D eigenvalue weighted by molar-refractivity contribution is 9.09. The quantitative estimate of drug-likeness (QED) is 0.529. The van der Waals surface area contributed by atoms with Crippen LogP contribution in [0.3, 0.4) is 0 Å². The van der Waals surface area contributed by atoms with Crippen molar-refractivity contribution in [1.29, 1.82) is 0 Å². The van der Waals surface area contributed by atoms with Crippen molar-refractivity contribution in [3.05, 3.63) is 0 Å². The lowest BCUT2D eigenvalue weighted by atomic mass is 10.0. The summed E-state index contributed by atoms with van der Waals surface area (Å²) in [6, 6.07) is 0. The first-order chi connectivity index (χ1) is 4.98. The Labute approximate surface area is 80.4 Å². The van der Waals surface area contributed by atoms with Gasteiger partial charge in [0.1, 0.15) is 0 Å². The molecular formula is C8H19BrOSi. The number of alkyl halides is 1. The third-order valence-electron chi connectivity index (χ3n) is 1.47. The number of rotatable bonds is 5. The van der Waals surface area contributed by atoms with Crippen LogP contribution in [0.5, 0.6) is 0 Å². The minimum absolute atomic E-state index is 0.105. The van der Waals surface area contributed by atoms with E-state index in [2.05, 4.69) is 42.9 Å². The third-order valence-corrected chi connectivity index (χ3v) is 3.14. The van der Waals surface area contributed by atoms with Gasteiger partial charge in [-0.3, -0.25) is 0 Å². The van der Waals surface area contributed by atoms with Crippen LogP contribution in [-0.2, 0) is 4.43 Å². The van der Waals surface area contributed by atoms with Crippen molar-refractivity contribution in [3.63, 3.8) is 0 Å². The maximum Gasteiger partial charge on any atom is 0.171 e. The van der Waals surface area contributed by atoms with Crippen molar-refractivity contribution in [2.75, 3.05) is 5.33 Å². The first-order valence-corrected chi connectivity index (χ1v) is 8.12. The Morgan fingerprint density at radius 2 is 1.91 bits per heavy atom. The Morgan fingerprint density at radius 1 is 1.36 bits per heavy atom. The summed E-state index contributed by atoms with van der Waals surface area (Å²) < 4.78 is 5.86. The van der Waals surface area contributed by atoms with Crippen LogP contribution in [0, 0.1) is 0 Å². The van der Waals surface area contributed by atoms with E-state index >= 15 is 0 Å². The van der Waals surface area contributed by atoms with Crippen LogP contribution >= 0.6 is 15.9 Å². The van der Waals surface area contributed by atoms with E-state index in [1.165, 1.54) is 6.42 Å². The summed E-state index contributed by atoms with van der Waals surface area (Å²) in [5.41, 5.74) is 0.105. The van der Waals surface area contributed by atoms with E-state index in [1.54, 1.807) is 0 Å². The maximum atomic E-state index is 5.86. The van der Waals surface area contributed by atoms with Gasteiger partial charge in [0.15, 0.2) is 9.04 Å². The Bertz CT molecular complexity index is 104. The summed E-state index contributed by atoms with van der Waals surface area (Å²) >= 11 is 3.42. The molecule has 0 aromatic heterocycles. The highest BCUT2D eigenvalue weighted by atomic mass is 79.9. The van der Waals surface area contributed by atoms with Gasteiger partial charge in [0, 0.05) is 5.33 Å². The summed E-state index contributed by atoms with van der Waals surface area (Å²) in [7, 11) is -0.853. The molecule has 0 aliphatic carbocycles. The van der Waals surface area contributed by atoms with Crippen molar-refractivity contribution in [2.45, 2.75) is 45.4 Å². The predicted molar refractivity (Wildman–Crippen MR) is 57.1 cm³/mol. The Morgan fingerprint density at radius 3 is 2.27 bits per heavy atom. The zero-order valence-electron chi connectivity index (χ0n) is 7.98. The van der Waals surface area contributed by atoms with Crippen molar-refractivity contribution >= 4 is 25.0 Å². The molecule has 0 aliphatic rings. The van der Waals surface area contributed by atoms with Gasteiger partial charge in [-0.25, -0.2) is 0 Å².